The summed E-state index contributed by atoms with van der Waals surface area (Å²) in [5.41, 5.74) is 6.42. The molecule has 2 aromatic heterocycles. The molecule has 2 N–H and O–H groups in total. The summed E-state index contributed by atoms with van der Waals surface area (Å²) in [5, 5.41) is 2.03. The monoisotopic (exact) mass is 327 g/mol. The highest BCUT2D eigenvalue weighted by atomic mass is 35.5. The van der Waals surface area contributed by atoms with Gasteiger partial charge < -0.3 is 15.5 Å². The zero-order valence-corrected chi connectivity index (χ0v) is 13.2. The Morgan fingerprint density at radius 3 is 2.76 bits per heavy atom. The quantitative estimate of drug-likeness (QED) is 0.914. The van der Waals surface area contributed by atoms with Crippen molar-refractivity contribution in [1.29, 1.82) is 0 Å². The molecule has 0 radical (unpaired) electrons. The topological polar surface area (TPSA) is 75.4 Å². The molecule has 0 aliphatic carbocycles. The number of hydrogen-bond donors (Lipinski definition) is 1. The van der Waals surface area contributed by atoms with Crippen LogP contribution in [0.3, 0.4) is 0 Å². The number of anilines is 1. The molecule has 6 nitrogen and oxygen atoms in total. The number of hydrogen-bond acceptors (Lipinski definition) is 6. The molecule has 3 rings (SSSR count). The van der Waals surface area contributed by atoms with Crippen LogP contribution in [0, 0.1) is 0 Å². The lowest BCUT2D eigenvalue weighted by Crippen LogP contribution is -2.49. The van der Waals surface area contributed by atoms with Crippen molar-refractivity contribution in [2.24, 2.45) is 5.73 Å². The van der Waals surface area contributed by atoms with Gasteiger partial charge in [0, 0.05) is 39.1 Å². The molecule has 0 aromatic carbocycles. The molecule has 0 spiro atoms. The van der Waals surface area contributed by atoms with Crippen LogP contribution < -0.4 is 10.6 Å². The molecule has 1 amide bonds. The van der Waals surface area contributed by atoms with Gasteiger partial charge >= 0.3 is 0 Å². The Labute approximate surface area is 133 Å². The predicted molar refractivity (Wildman–Crippen MR) is 87.1 cm³/mol. The third-order valence-corrected chi connectivity index (χ3v) is 4.41. The van der Waals surface area contributed by atoms with Crippen molar-refractivity contribution in [1.82, 2.24) is 14.9 Å². The molecule has 0 bridgehead atoms. The van der Waals surface area contributed by atoms with Crippen molar-refractivity contribution in [3.8, 4) is 0 Å². The Morgan fingerprint density at radius 1 is 1.29 bits per heavy atom. The lowest BCUT2D eigenvalue weighted by Gasteiger charge is -2.35. The van der Waals surface area contributed by atoms with Crippen LogP contribution in [-0.4, -0.2) is 53.5 Å². The van der Waals surface area contributed by atoms with Crippen molar-refractivity contribution in [2.75, 3.05) is 37.6 Å². The standard InChI is InChI=1S/C13H17N5OS.ClH/c14-3-1-11(19)17-4-6-18(7-5-17)13-12-10(2-8-20-12)15-9-16-13;/h2,8-9H,1,3-7,14H2;1H. The van der Waals surface area contributed by atoms with Gasteiger partial charge in [0.05, 0.1) is 10.2 Å². The van der Waals surface area contributed by atoms with Gasteiger partial charge in [0.15, 0.2) is 0 Å². The Hall–Kier alpha value is -1.44. The Bertz CT molecular complexity index is 611. The van der Waals surface area contributed by atoms with Crippen LogP contribution in [0.15, 0.2) is 17.8 Å². The molecule has 3 heterocycles. The minimum atomic E-state index is 0. The summed E-state index contributed by atoms with van der Waals surface area (Å²) >= 11 is 1.66. The van der Waals surface area contributed by atoms with Gasteiger partial charge in [-0.15, -0.1) is 23.7 Å². The highest BCUT2D eigenvalue weighted by Gasteiger charge is 2.22. The number of carbonyl (C=O) groups is 1. The SMILES string of the molecule is Cl.NCCC(=O)N1CCN(c2ncnc3ccsc23)CC1. The first-order valence-electron chi connectivity index (χ1n) is 6.70. The zero-order chi connectivity index (χ0) is 13.9. The van der Waals surface area contributed by atoms with Crippen molar-refractivity contribution in [3.05, 3.63) is 17.8 Å². The van der Waals surface area contributed by atoms with E-state index in [9.17, 15) is 4.79 Å². The van der Waals surface area contributed by atoms with E-state index in [-0.39, 0.29) is 18.3 Å². The summed E-state index contributed by atoms with van der Waals surface area (Å²) in [7, 11) is 0. The number of halogens is 1. The van der Waals surface area contributed by atoms with Crippen LogP contribution in [0.25, 0.3) is 10.2 Å². The van der Waals surface area contributed by atoms with E-state index in [0.717, 1.165) is 42.2 Å². The van der Waals surface area contributed by atoms with Gasteiger partial charge in [0.25, 0.3) is 0 Å². The fourth-order valence-electron chi connectivity index (χ4n) is 2.45. The molecule has 0 unspecified atom stereocenters. The molecular formula is C13H18ClN5OS. The van der Waals surface area contributed by atoms with E-state index in [1.807, 2.05) is 16.3 Å². The third kappa shape index (κ3) is 3.25. The molecular weight excluding hydrogens is 310 g/mol. The van der Waals surface area contributed by atoms with Crippen molar-refractivity contribution >= 4 is 45.7 Å². The van der Waals surface area contributed by atoms with E-state index >= 15 is 0 Å². The van der Waals surface area contributed by atoms with Crippen molar-refractivity contribution in [2.45, 2.75) is 6.42 Å². The van der Waals surface area contributed by atoms with E-state index in [2.05, 4.69) is 14.9 Å². The maximum Gasteiger partial charge on any atom is 0.223 e. The molecule has 1 aliphatic rings. The van der Waals surface area contributed by atoms with Gasteiger partial charge in [-0.25, -0.2) is 9.97 Å². The molecule has 1 fully saturated rings. The minimum Gasteiger partial charge on any atom is -0.352 e. The first-order valence-corrected chi connectivity index (χ1v) is 7.58. The second-order valence-electron chi connectivity index (χ2n) is 4.74. The number of aromatic nitrogens is 2. The number of nitrogens with two attached hydrogens (primary N) is 1. The summed E-state index contributed by atoms with van der Waals surface area (Å²) in [6.45, 7) is 3.49. The maximum absolute atomic E-state index is 11.8. The van der Waals surface area contributed by atoms with Crippen molar-refractivity contribution in [3.63, 3.8) is 0 Å². The van der Waals surface area contributed by atoms with Gasteiger partial charge in [-0.1, -0.05) is 0 Å². The molecule has 0 saturated carbocycles. The fraction of sp³-hybridized carbons (Fsp3) is 0.462. The first kappa shape index (κ1) is 15.9. The number of carbonyl (C=O) groups excluding carboxylic acids is 1. The van der Waals surface area contributed by atoms with E-state index in [1.54, 1.807) is 17.7 Å². The van der Waals surface area contributed by atoms with Crippen LogP contribution in [-0.2, 0) is 4.79 Å². The molecule has 2 aromatic rings. The summed E-state index contributed by atoms with van der Waals surface area (Å²) in [4.78, 5) is 24.6. The molecule has 1 aliphatic heterocycles. The lowest BCUT2D eigenvalue weighted by atomic mass is 10.2. The van der Waals surface area contributed by atoms with Crippen LogP contribution in [0.5, 0.6) is 0 Å². The number of piperazine rings is 1. The van der Waals surface area contributed by atoms with Crippen molar-refractivity contribution < 1.29 is 4.79 Å². The van der Waals surface area contributed by atoms with Gasteiger partial charge in [-0.05, 0) is 11.4 Å². The third-order valence-electron chi connectivity index (χ3n) is 3.51. The fourth-order valence-corrected chi connectivity index (χ4v) is 3.31. The second-order valence-corrected chi connectivity index (χ2v) is 5.65. The van der Waals surface area contributed by atoms with Crippen LogP contribution in [0.2, 0.25) is 0 Å². The summed E-state index contributed by atoms with van der Waals surface area (Å²) in [6, 6.07) is 2.01. The van der Waals surface area contributed by atoms with E-state index in [4.69, 9.17) is 5.73 Å². The van der Waals surface area contributed by atoms with Gasteiger partial charge in [0.2, 0.25) is 5.91 Å². The smallest absolute Gasteiger partial charge is 0.223 e. The molecule has 114 valence electrons. The number of fused-ring (bicyclic) bond motifs is 1. The first-order chi connectivity index (χ1) is 9.79. The van der Waals surface area contributed by atoms with E-state index < -0.39 is 0 Å². The predicted octanol–water partition coefficient (Wildman–Crippen LogP) is 1.11. The largest absolute Gasteiger partial charge is 0.352 e. The Balaban J connectivity index is 0.00000161. The summed E-state index contributed by atoms with van der Waals surface area (Å²) in [5.74, 6) is 1.13. The molecule has 21 heavy (non-hydrogen) atoms. The van der Waals surface area contributed by atoms with Gasteiger partial charge in [-0.3, -0.25) is 4.79 Å². The normalized spacial score (nSPS) is 15.1. The van der Waals surface area contributed by atoms with Gasteiger partial charge in [0.1, 0.15) is 12.1 Å². The minimum absolute atomic E-state index is 0. The Kier molecular flexibility index (Phi) is 5.33. The lowest BCUT2D eigenvalue weighted by molar-refractivity contribution is -0.131. The second kappa shape index (κ2) is 7.02. The van der Waals surface area contributed by atoms with Crippen LogP contribution in [0.1, 0.15) is 6.42 Å². The zero-order valence-electron chi connectivity index (χ0n) is 11.6. The van der Waals surface area contributed by atoms with Gasteiger partial charge in [-0.2, -0.15) is 0 Å². The highest BCUT2D eigenvalue weighted by molar-refractivity contribution is 7.17. The average molecular weight is 328 g/mol. The van der Waals surface area contributed by atoms with E-state index in [0.29, 0.717) is 13.0 Å². The number of nitrogens with zero attached hydrogens (tertiary/aromatic N) is 4. The Morgan fingerprint density at radius 2 is 2.05 bits per heavy atom. The number of thiophene rings is 1. The molecule has 0 atom stereocenters. The van der Waals surface area contributed by atoms with Crippen LogP contribution >= 0.6 is 23.7 Å². The number of rotatable bonds is 3. The number of amides is 1. The van der Waals surface area contributed by atoms with E-state index in [1.165, 1.54) is 0 Å². The summed E-state index contributed by atoms with van der Waals surface area (Å²) in [6.07, 6.45) is 2.04. The average Bonchev–Trinajstić information content (AvgIpc) is 2.96. The highest BCUT2D eigenvalue weighted by Crippen LogP contribution is 2.28. The molecule has 1 saturated heterocycles. The molecule has 8 heteroatoms. The summed E-state index contributed by atoms with van der Waals surface area (Å²) < 4.78 is 1.12. The maximum atomic E-state index is 11.8. The van der Waals surface area contributed by atoms with Crippen LogP contribution in [0.4, 0.5) is 5.82 Å².